The summed E-state index contributed by atoms with van der Waals surface area (Å²) in [5, 5.41) is 3.17. The van der Waals surface area contributed by atoms with E-state index < -0.39 is 30.3 Å². The van der Waals surface area contributed by atoms with E-state index in [9.17, 15) is 19.2 Å². The first-order chi connectivity index (χ1) is 15.3. The van der Waals surface area contributed by atoms with Crippen LogP contribution in [-0.2, 0) is 14.3 Å². The van der Waals surface area contributed by atoms with E-state index >= 15 is 0 Å². The van der Waals surface area contributed by atoms with Crippen LogP contribution in [0.5, 0.6) is 0 Å². The van der Waals surface area contributed by atoms with Crippen LogP contribution in [0.4, 0.5) is 5.69 Å². The number of nitrogens with zero attached hydrogens (tertiary/aromatic N) is 1. The summed E-state index contributed by atoms with van der Waals surface area (Å²) >= 11 is 11.8. The van der Waals surface area contributed by atoms with Crippen LogP contribution in [0.3, 0.4) is 0 Å². The van der Waals surface area contributed by atoms with Crippen molar-refractivity contribution in [3.63, 3.8) is 0 Å². The van der Waals surface area contributed by atoms with E-state index in [1.807, 2.05) is 0 Å². The van der Waals surface area contributed by atoms with Crippen LogP contribution in [0.25, 0.3) is 0 Å². The van der Waals surface area contributed by atoms with Crippen LogP contribution in [0.2, 0.25) is 10.0 Å². The Balaban J connectivity index is 1.38. The molecular formula is C22H18Cl2N2O6. The molecule has 1 fully saturated rings. The lowest BCUT2D eigenvalue weighted by molar-refractivity contribution is -0.119. The number of amides is 3. The maximum atomic E-state index is 12.7. The second kappa shape index (κ2) is 9.28. The molecule has 0 unspecified atom stereocenters. The van der Waals surface area contributed by atoms with Crippen molar-refractivity contribution in [1.82, 2.24) is 4.90 Å². The Morgan fingerprint density at radius 3 is 2.59 bits per heavy atom. The van der Waals surface area contributed by atoms with E-state index in [1.165, 1.54) is 30.3 Å². The SMILES string of the molecule is O=C(COC(=O)c1ccc2c(c1)C(=O)N(C[C@@H]1CCCO1)C2=O)Nc1ccc(Cl)cc1Cl. The molecule has 166 valence electrons. The molecule has 1 N–H and O–H groups in total. The molecule has 0 bridgehead atoms. The molecule has 0 radical (unpaired) electrons. The molecular weight excluding hydrogens is 459 g/mol. The number of hydrogen-bond acceptors (Lipinski definition) is 6. The number of nitrogens with one attached hydrogen (secondary N) is 1. The van der Waals surface area contributed by atoms with Gasteiger partial charge in [0, 0.05) is 11.6 Å². The summed E-state index contributed by atoms with van der Waals surface area (Å²) in [6.45, 7) is 0.230. The number of carbonyl (C=O) groups is 4. The summed E-state index contributed by atoms with van der Waals surface area (Å²) in [6.07, 6.45) is 1.50. The highest BCUT2D eigenvalue weighted by Gasteiger charge is 2.38. The van der Waals surface area contributed by atoms with E-state index in [-0.39, 0.29) is 34.4 Å². The highest BCUT2D eigenvalue weighted by molar-refractivity contribution is 6.36. The largest absolute Gasteiger partial charge is 0.452 e. The van der Waals surface area contributed by atoms with Gasteiger partial charge in [0.1, 0.15) is 0 Å². The van der Waals surface area contributed by atoms with Crippen molar-refractivity contribution in [2.45, 2.75) is 18.9 Å². The second-order valence-electron chi connectivity index (χ2n) is 7.36. The Morgan fingerprint density at radius 2 is 1.88 bits per heavy atom. The number of imide groups is 1. The summed E-state index contributed by atoms with van der Waals surface area (Å²) < 4.78 is 10.5. The van der Waals surface area contributed by atoms with E-state index in [1.54, 1.807) is 6.07 Å². The van der Waals surface area contributed by atoms with Crippen molar-refractivity contribution in [2.75, 3.05) is 25.1 Å². The minimum Gasteiger partial charge on any atom is -0.452 e. The minimum atomic E-state index is -0.803. The van der Waals surface area contributed by atoms with Gasteiger partial charge in [-0.15, -0.1) is 0 Å². The fourth-order valence-electron chi connectivity index (χ4n) is 3.57. The highest BCUT2D eigenvalue weighted by atomic mass is 35.5. The summed E-state index contributed by atoms with van der Waals surface area (Å²) in [5.41, 5.74) is 0.728. The molecule has 0 saturated carbocycles. The van der Waals surface area contributed by atoms with Crippen LogP contribution in [0.15, 0.2) is 36.4 Å². The number of fused-ring (bicyclic) bond motifs is 1. The Hall–Kier alpha value is -2.94. The molecule has 2 aromatic rings. The summed E-state index contributed by atoms with van der Waals surface area (Å²) in [6, 6.07) is 8.65. The van der Waals surface area contributed by atoms with Crippen molar-refractivity contribution in [3.05, 3.63) is 63.1 Å². The van der Waals surface area contributed by atoms with Gasteiger partial charge in [0.15, 0.2) is 6.61 Å². The molecule has 0 spiro atoms. The number of hydrogen-bond donors (Lipinski definition) is 1. The van der Waals surface area contributed by atoms with E-state index in [0.29, 0.717) is 17.3 Å². The van der Waals surface area contributed by atoms with Crippen LogP contribution in [0.1, 0.15) is 43.9 Å². The van der Waals surface area contributed by atoms with Crippen molar-refractivity contribution < 1.29 is 28.7 Å². The zero-order valence-corrected chi connectivity index (χ0v) is 18.2. The lowest BCUT2D eigenvalue weighted by Crippen LogP contribution is -2.36. The average molecular weight is 477 g/mol. The number of carbonyl (C=O) groups excluding carboxylic acids is 4. The topological polar surface area (TPSA) is 102 Å². The Labute approximate surface area is 193 Å². The fraction of sp³-hybridized carbons (Fsp3) is 0.273. The zero-order chi connectivity index (χ0) is 22.8. The molecule has 3 amide bonds. The maximum Gasteiger partial charge on any atom is 0.338 e. The maximum absolute atomic E-state index is 12.7. The first-order valence-electron chi connectivity index (χ1n) is 9.87. The van der Waals surface area contributed by atoms with Crippen molar-refractivity contribution in [2.24, 2.45) is 0 Å². The normalized spacial score (nSPS) is 17.4. The minimum absolute atomic E-state index is 0.0567. The van der Waals surface area contributed by atoms with E-state index in [0.717, 1.165) is 17.7 Å². The number of anilines is 1. The van der Waals surface area contributed by atoms with Crippen LogP contribution in [0, 0.1) is 0 Å². The molecule has 1 atom stereocenters. The quantitative estimate of drug-likeness (QED) is 0.504. The molecule has 2 aliphatic rings. The van der Waals surface area contributed by atoms with Gasteiger partial charge in [-0.2, -0.15) is 0 Å². The number of ether oxygens (including phenoxy) is 2. The first kappa shape index (κ1) is 22.3. The molecule has 2 aliphatic heterocycles. The van der Waals surface area contributed by atoms with Crippen LogP contribution in [-0.4, -0.2) is 54.5 Å². The molecule has 4 rings (SSSR count). The Morgan fingerprint density at radius 1 is 1.09 bits per heavy atom. The van der Waals surface area contributed by atoms with Crippen molar-refractivity contribution >= 4 is 52.6 Å². The number of esters is 1. The predicted octanol–water partition coefficient (Wildman–Crippen LogP) is 3.56. The summed E-state index contributed by atoms with van der Waals surface area (Å²) in [4.78, 5) is 50.9. The Bertz CT molecular complexity index is 1110. The van der Waals surface area contributed by atoms with Gasteiger partial charge < -0.3 is 14.8 Å². The number of rotatable bonds is 6. The fourth-order valence-corrected chi connectivity index (χ4v) is 4.02. The van der Waals surface area contributed by atoms with Crippen LogP contribution >= 0.6 is 23.2 Å². The van der Waals surface area contributed by atoms with Gasteiger partial charge in [0.25, 0.3) is 17.7 Å². The predicted molar refractivity (Wildman–Crippen MR) is 116 cm³/mol. The van der Waals surface area contributed by atoms with Gasteiger partial charge in [-0.05, 0) is 49.2 Å². The highest BCUT2D eigenvalue weighted by Crippen LogP contribution is 2.27. The van der Waals surface area contributed by atoms with Gasteiger partial charge in [-0.25, -0.2) is 4.79 Å². The van der Waals surface area contributed by atoms with Crippen molar-refractivity contribution in [1.29, 1.82) is 0 Å². The molecule has 0 aromatic heterocycles. The van der Waals surface area contributed by atoms with Gasteiger partial charge in [-0.1, -0.05) is 23.2 Å². The third kappa shape index (κ3) is 4.62. The molecule has 1 saturated heterocycles. The first-order valence-corrected chi connectivity index (χ1v) is 10.6. The molecule has 8 nitrogen and oxygen atoms in total. The third-order valence-electron chi connectivity index (χ3n) is 5.16. The van der Waals surface area contributed by atoms with E-state index in [4.69, 9.17) is 32.7 Å². The number of halogens is 2. The Kier molecular flexibility index (Phi) is 6.45. The molecule has 10 heteroatoms. The van der Waals surface area contributed by atoms with Gasteiger partial charge in [0.2, 0.25) is 0 Å². The van der Waals surface area contributed by atoms with Crippen molar-refractivity contribution in [3.8, 4) is 0 Å². The molecule has 2 aromatic carbocycles. The molecule has 2 heterocycles. The molecule has 0 aliphatic carbocycles. The standard InChI is InChI=1S/C22H18Cl2N2O6/c23-13-4-6-18(17(24)9-13)25-19(27)11-32-22(30)12-3-5-15-16(8-12)21(29)26(20(15)28)10-14-2-1-7-31-14/h3-6,8-9,14H,1-2,7,10-11H2,(H,25,27)/t14-/m0/s1. The third-order valence-corrected chi connectivity index (χ3v) is 5.70. The second-order valence-corrected chi connectivity index (χ2v) is 8.21. The molecule has 32 heavy (non-hydrogen) atoms. The zero-order valence-electron chi connectivity index (χ0n) is 16.7. The average Bonchev–Trinajstić information content (AvgIpc) is 3.37. The van der Waals surface area contributed by atoms with Crippen LogP contribution < -0.4 is 5.32 Å². The number of benzene rings is 2. The summed E-state index contributed by atoms with van der Waals surface area (Å²) in [5.74, 6) is -2.30. The van der Waals surface area contributed by atoms with Gasteiger partial charge >= 0.3 is 5.97 Å². The van der Waals surface area contributed by atoms with Gasteiger partial charge in [0.05, 0.1) is 40.0 Å². The summed E-state index contributed by atoms with van der Waals surface area (Å²) in [7, 11) is 0. The monoisotopic (exact) mass is 476 g/mol. The lowest BCUT2D eigenvalue weighted by atomic mass is 10.1. The van der Waals surface area contributed by atoms with E-state index in [2.05, 4.69) is 5.32 Å². The van der Waals surface area contributed by atoms with Gasteiger partial charge in [-0.3, -0.25) is 19.3 Å². The smallest absolute Gasteiger partial charge is 0.338 e. The lowest BCUT2D eigenvalue weighted by Gasteiger charge is -2.17.